The minimum Gasteiger partial charge on any atom is -0.497 e. The summed E-state index contributed by atoms with van der Waals surface area (Å²) in [6.45, 7) is 13.2. The van der Waals surface area contributed by atoms with E-state index < -0.39 is 10.8 Å². The van der Waals surface area contributed by atoms with Gasteiger partial charge in [-0.1, -0.05) is 13.2 Å². The van der Waals surface area contributed by atoms with Crippen LogP contribution in [0.15, 0.2) is 24.5 Å². The van der Waals surface area contributed by atoms with Gasteiger partial charge in [-0.15, -0.1) is 0 Å². The van der Waals surface area contributed by atoms with Crippen molar-refractivity contribution < 1.29 is 8.95 Å². The Morgan fingerprint density at radius 3 is 2.15 bits per heavy atom. The smallest absolute Gasteiger partial charge is 0.115 e. The zero-order chi connectivity index (χ0) is 10.6. The Kier molecular flexibility index (Phi) is 4.40. The lowest BCUT2D eigenvalue weighted by Gasteiger charge is -2.18. The van der Waals surface area contributed by atoms with Crippen molar-refractivity contribution in [1.29, 1.82) is 0 Å². The summed E-state index contributed by atoms with van der Waals surface area (Å²) in [5.41, 5.74) is 0.704. The molecule has 76 valence electrons. The fraction of sp³-hybridized carbons (Fsp3) is 0.600. The third-order valence-electron chi connectivity index (χ3n) is 1.63. The minimum atomic E-state index is -0.930. The van der Waals surface area contributed by atoms with Crippen molar-refractivity contribution in [1.82, 2.24) is 0 Å². The number of hydrogen-bond donors (Lipinski definition) is 0. The maximum absolute atomic E-state index is 11.6. The molecule has 1 atom stereocenters. The predicted octanol–water partition coefficient (Wildman–Crippen LogP) is 2.25. The van der Waals surface area contributed by atoms with E-state index >= 15 is 0 Å². The number of hydrogen-bond acceptors (Lipinski definition) is 2. The molecule has 0 spiro atoms. The minimum absolute atomic E-state index is 0.211. The van der Waals surface area contributed by atoms with Gasteiger partial charge in [0, 0.05) is 15.5 Å². The van der Waals surface area contributed by atoms with Crippen LogP contribution in [0.3, 0.4) is 0 Å². The molecule has 0 amide bonds. The topological polar surface area (TPSA) is 26.3 Å². The van der Waals surface area contributed by atoms with Crippen LogP contribution in [0, 0.1) is 0 Å². The van der Waals surface area contributed by atoms with Crippen molar-refractivity contribution in [2.24, 2.45) is 0 Å². The number of allylic oxidation sites excluding steroid dienone is 1. The molecule has 1 unspecified atom stereocenters. The summed E-state index contributed by atoms with van der Waals surface area (Å²) in [5.74, 6) is 0.938. The van der Waals surface area contributed by atoms with Gasteiger partial charge >= 0.3 is 0 Å². The molecule has 2 nitrogen and oxygen atoms in total. The van der Waals surface area contributed by atoms with Crippen LogP contribution < -0.4 is 0 Å². The van der Waals surface area contributed by atoms with Crippen molar-refractivity contribution in [3.63, 3.8) is 0 Å². The molecule has 0 radical (unpaired) electrons. The van der Waals surface area contributed by atoms with E-state index in [1.54, 1.807) is 0 Å². The van der Waals surface area contributed by atoms with E-state index in [1.807, 2.05) is 20.8 Å². The van der Waals surface area contributed by atoms with Gasteiger partial charge < -0.3 is 4.74 Å². The van der Waals surface area contributed by atoms with E-state index in [9.17, 15) is 4.21 Å². The van der Waals surface area contributed by atoms with E-state index in [-0.39, 0.29) is 4.75 Å². The lowest BCUT2D eigenvalue weighted by Crippen LogP contribution is -2.25. The van der Waals surface area contributed by atoms with Gasteiger partial charge in [0.15, 0.2) is 0 Å². The Labute approximate surface area is 83.1 Å². The lowest BCUT2D eigenvalue weighted by atomic mass is 10.3. The molecule has 0 rings (SSSR count). The van der Waals surface area contributed by atoms with Gasteiger partial charge in [-0.25, -0.2) is 0 Å². The molecule has 0 aliphatic heterocycles. The van der Waals surface area contributed by atoms with Crippen molar-refractivity contribution >= 4 is 10.8 Å². The molecule has 0 fully saturated rings. The van der Waals surface area contributed by atoms with E-state index in [0.717, 1.165) is 0 Å². The Morgan fingerprint density at radius 2 is 1.85 bits per heavy atom. The van der Waals surface area contributed by atoms with Crippen LogP contribution in [0.25, 0.3) is 0 Å². The summed E-state index contributed by atoms with van der Waals surface area (Å²) in [5, 5.41) is 0. The van der Waals surface area contributed by atoms with E-state index in [1.165, 1.54) is 7.11 Å². The molecule has 0 bridgehead atoms. The molecule has 3 heteroatoms. The second-order valence-electron chi connectivity index (χ2n) is 3.83. The second-order valence-corrected chi connectivity index (χ2v) is 6.04. The molecule has 0 aromatic heterocycles. The third kappa shape index (κ3) is 4.27. The largest absolute Gasteiger partial charge is 0.497 e. The van der Waals surface area contributed by atoms with E-state index in [2.05, 4.69) is 13.2 Å². The zero-order valence-electron chi connectivity index (χ0n) is 8.85. The standard InChI is InChI=1S/C10H18O2S/c1-8(9(2)12-6)7-13(11)10(3,4)5/h1-2,7H2,3-6H3. The number of methoxy groups -OCH3 is 1. The summed E-state index contributed by atoms with van der Waals surface area (Å²) in [4.78, 5) is 0. The zero-order valence-corrected chi connectivity index (χ0v) is 9.66. The van der Waals surface area contributed by atoms with Gasteiger partial charge in [0.2, 0.25) is 0 Å². The first-order chi connectivity index (χ1) is 5.79. The van der Waals surface area contributed by atoms with E-state index in [0.29, 0.717) is 17.1 Å². The highest BCUT2D eigenvalue weighted by Gasteiger charge is 2.20. The molecular formula is C10H18O2S. The van der Waals surface area contributed by atoms with Crippen molar-refractivity contribution in [3.8, 4) is 0 Å². The highest BCUT2D eigenvalue weighted by Crippen LogP contribution is 2.16. The Bertz CT molecular complexity index is 236. The van der Waals surface area contributed by atoms with Crippen LogP contribution in [-0.2, 0) is 15.5 Å². The summed E-state index contributed by atoms with van der Waals surface area (Å²) < 4.78 is 16.3. The van der Waals surface area contributed by atoms with Crippen LogP contribution in [0.5, 0.6) is 0 Å². The quantitative estimate of drug-likeness (QED) is 0.516. The van der Waals surface area contributed by atoms with E-state index in [4.69, 9.17) is 4.74 Å². The first-order valence-electron chi connectivity index (χ1n) is 4.08. The average molecular weight is 202 g/mol. The normalized spacial score (nSPS) is 13.5. The fourth-order valence-corrected chi connectivity index (χ4v) is 1.51. The maximum Gasteiger partial charge on any atom is 0.115 e. The van der Waals surface area contributed by atoms with Crippen LogP contribution >= 0.6 is 0 Å². The summed E-state index contributed by atoms with van der Waals surface area (Å²) >= 11 is 0. The van der Waals surface area contributed by atoms with Crippen LogP contribution in [-0.4, -0.2) is 21.8 Å². The first kappa shape index (κ1) is 12.4. The van der Waals surface area contributed by atoms with Gasteiger partial charge in [0.25, 0.3) is 0 Å². The molecule has 0 N–H and O–H groups in total. The molecule has 0 aromatic rings. The van der Waals surface area contributed by atoms with Gasteiger partial charge in [0.1, 0.15) is 5.76 Å². The molecule has 0 aliphatic carbocycles. The molecule has 0 saturated carbocycles. The summed E-state index contributed by atoms with van der Waals surface area (Å²) in [6.07, 6.45) is 0. The SMILES string of the molecule is C=C(CS(=O)C(C)(C)C)C(=C)OC. The molecular weight excluding hydrogens is 184 g/mol. The average Bonchev–Trinajstić information content (AvgIpc) is 2.01. The molecule has 0 aromatic carbocycles. The molecule has 13 heavy (non-hydrogen) atoms. The van der Waals surface area contributed by atoms with Gasteiger partial charge in [-0.2, -0.15) is 0 Å². The molecule has 0 aliphatic rings. The number of rotatable bonds is 4. The van der Waals surface area contributed by atoms with Gasteiger partial charge in [0.05, 0.1) is 12.9 Å². The Morgan fingerprint density at radius 1 is 1.38 bits per heavy atom. The highest BCUT2D eigenvalue weighted by atomic mass is 32.2. The summed E-state index contributed by atoms with van der Waals surface area (Å²) in [7, 11) is 0.605. The van der Waals surface area contributed by atoms with Crippen molar-refractivity contribution in [3.05, 3.63) is 24.5 Å². The first-order valence-corrected chi connectivity index (χ1v) is 5.40. The Balaban J connectivity index is 4.24. The summed E-state index contributed by atoms with van der Waals surface area (Å²) in [6, 6.07) is 0. The maximum atomic E-state index is 11.6. The van der Waals surface area contributed by atoms with Gasteiger partial charge in [-0.05, 0) is 26.3 Å². The number of ether oxygens (including phenoxy) is 1. The second kappa shape index (κ2) is 4.61. The predicted molar refractivity (Wildman–Crippen MR) is 58.1 cm³/mol. The van der Waals surface area contributed by atoms with Crippen LogP contribution in [0.1, 0.15) is 20.8 Å². The fourth-order valence-electron chi connectivity index (χ4n) is 0.600. The molecule has 0 saturated heterocycles. The Hall–Kier alpha value is -0.570. The monoisotopic (exact) mass is 202 g/mol. The van der Waals surface area contributed by atoms with Crippen LogP contribution in [0.4, 0.5) is 0 Å². The third-order valence-corrected chi connectivity index (χ3v) is 3.61. The highest BCUT2D eigenvalue weighted by molar-refractivity contribution is 7.86. The van der Waals surface area contributed by atoms with Gasteiger partial charge in [-0.3, -0.25) is 4.21 Å². The van der Waals surface area contributed by atoms with Crippen LogP contribution in [0.2, 0.25) is 0 Å². The molecule has 0 heterocycles. The van der Waals surface area contributed by atoms with Crippen molar-refractivity contribution in [2.45, 2.75) is 25.5 Å². The lowest BCUT2D eigenvalue weighted by molar-refractivity contribution is 0.303. The van der Waals surface area contributed by atoms with Crippen molar-refractivity contribution in [2.75, 3.05) is 12.9 Å².